The first-order chi connectivity index (χ1) is 15.3. The summed E-state index contributed by atoms with van der Waals surface area (Å²) in [5, 5.41) is 0. The first-order valence-corrected chi connectivity index (χ1v) is 11.2. The van der Waals surface area contributed by atoms with Crippen LogP contribution in [0.15, 0.2) is 83.8 Å². The van der Waals surface area contributed by atoms with E-state index in [-0.39, 0.29) is 23.6 Å². The van der Waals surface area contributed by atoms with Crippen molar-refractivity contribution in [2.75, 3.05) is 6.61 Å². The molecule has 3 N–H and O–H groups in total. The Morgan fingerprint density at radius 2 is 1.59 bits per heavy atom. The number of carbonyl (C=O) groups is 2. The molecule has 0 aliphatic heterocycles. The van der Waals surface area contributed by atoms with Crippen LogP contribution in [0.4, 0.5) is 0 Å². The van der Waals surface area contributed by atoms with E-state index in [0.29, 0.717) is 5.75 Å². The number of carbonyl (C=O) groups excluding carboxylic acids is 2. The number of rotatable bonds is 8. The number of aryl methyl sites for hydroxylation is 1. The van der Waals surface area contributed by atoms with Crippen LogP contribution >= 0.6 is 0 Å². The van der Waals surface area contributed by atoms with Gasteiger partial charge in [0.25, 0.3) is 11.8 Å². The van der Waals surface area contributed by atoms with Gasteiger partial charge >= 0.3 is 0 Å². The van der Waals surface area contributed by atoms with Crippen molar-refractivity contribution in [3.05, 3.63) is 95.6 Å². The van der Waals surface area contributed by atoms with E-state index in [1.807, 2.05) is 37.3 Å². The summed E-state index contributed by atoms with van der Waals surface area (Å²) in [6.07, 6.45) is 0. The predicted octanol–water partition coefficient (Wildman–Crippen LogP) is 2.31. The Morgan fingerprint density at radius 3 is 2.34 bits per heavy atom. The lowest BCUT2D eigenvalue weighted by atomic mass is 10.2. The maximum Gasteiger partial charge on any atom is 0.276 e. The molecule has 0 atom stereocenters. The summed E-state index contributed by atoms with van der Waals surface area (Å²) in [5.74, 6) is -0.654. The molecule has 0 aliphatic rings. The molecule has 0 aromatic heterocycles. The number of amides is 2. The Labute approximate surface area is 186 Å². The predicted molar refractivity (Wildman–Crippen MR) is 119 cm³/mol. The Kier molecular flexibility index (Phi) is 7.58. The van der Waals surface area contributed by atoms with Crippen molar-refractivity contribution in [2.24, 2.45) is 0 Å². The van der Waals surface area contributed by atoms with Crippen LogP contribution < -0.4 is 20.3 Å². The maximum atomic E-state index is 12.6. The molecule has 9 heteroatoms. The number of nitrogens with one attached hydrogen (secondary N) is 3. The van der Waals surface area contributed by atoms with Gasteiger partial charge in [-0.25, -0.2) is 13.1 Å². The van der Waals surface area contributed by atoms with E-state index in [9.17, 15) is 18.0 Å². The van der Waals surface area contributed by atoms with Gasteiger partial charge in [-0.2, -0.15) is 0 Å². The van der Waals surface area contributed by atoms with E-state index in [0.717, 1.165) is 11.1 Å². The fourth-order valence-electron chi connectivity index (χ4n) is 2.76. The van der Waals surface area contributed by atoms with Gasteiger partial charge in [-0.05, 0) is 42.3 Å². The number of hydrogen-bond donors (Lipinski definition) is 3. The topological polar surface area (TPSA) is 114 Å². The normalized spacial score (nSPS) is 10.9. The van der Waals surface area contributed by atoms with Gasteiger partial charge in [-0.3, -0.25) is 20.4 Å². The molecular formula is C23H23N3O5S. The molecule has 0 bridgehead atoms. The number of hydrogen-bond acceptors (Lipinski definition) is 5. The Morgan fingerprint density at radius 1 is 0.875 bits per heavy atom. The quantitative estimate of drug-likeness (QED) is 0.453. The minimum Gasteiger partial charge on any atom is -0.483 e. The molecule has 0 aliphatic carbocycles. The molecule has 2 amide bonds. The van der Waals surface area contributed by atoms with Crippen LogP contribution in [0.5, 0.6) is 5.75 Å². The molecule has 0 saturated heterocycles. The summed E-state index contributed by atoms with van der Waals surface area (Å²) >= 11 is 0. The lowest BCUT2D eigenvalue weighted by Gasteiger charge is -2.11. The molecule has 32 heavy (non-hydrogen) atoms. The molecule has 8 nitrogen and oxygen atoms in total. The third-order valence-corrected chi connectivity index (χ3v) is 5.88. The smallest absolute Gasteiger partial charge is 0.276 e. The van der Waals surface area contributed by atoms with Crippen LogP contribution in [0.1, 0.15) is 21.5 Å². The molecular weight excluding hydrogens is 430 g/mol. The number of para-hydroxylation sites is 1. The Hall–Kier alpha value is -3.69. The zero-order valence-corrected chi connectivity index (χ0v) is 18.2. The van der Waals surface area contributed by atoms with Crippen LogP contribution in [0.3, 0.4) is 0 Å². The summed E-state index contributed by atoms with van der Waals surface area (Å²) in [7, 11) is -3.83. The highest BCUT2D eigenvalue weighted by Crippen LogP contribution is 2.16. The maximum absolute atomic E-state index is 12.6. The van der Waals surface area contributed by atoms with Gasteiger partial charge < -0.3 is 4.74 Å². The van der Waals surface area contributed by atoms with Crippen LogP contribution in [-0.2, 0) is 21.4 Å². The van der Waals surface area contributed by atoms with E-state index < -0.39 is 21.8 Å². The number of ether oxygens (including phenoxy) is 1. The van der Waals surface area contributed by atoms with Gasteiger partial charge in [-0.1, -0.05) is 54.6 Å². The van der Waals surface area contributed by atoms with Crippen molar-refractivity contribution in [3.63, 3.8) is 0 Å². The van der Waals surface area contributed by atoms with Gasteiger partial charge in [0.05, 0.1) is 4.90 Å². The molecule has 0 radical (unpaired) electrons. The summed E-state index contributed by atoms with van der Waals surface area (Å²) in [4.78, 5) is 24.2. The van der Waals surface area contributed by atoms with Crippen LogP contribution in [0, 0.1) is 6.92 Å². The minimum atomic E-state index is -3.83. The molecule has 166 valence electrons. The largest absolute Gasteiger partial charge is 0.483 e. The summed E-state index contributed by atoms with van der Waals surface area (Å²) in [6.45, 7) is 1.68. The second-order valence-corrected chi connectivity index (χ2v) is 8.66. The van der Waals surface area contributed by atoms with E-state index in [2.05, 4.69) is 15.6 Å². The van der Waals surface area contributed by atoms with Gasteiger partial charge in [0.15, 0.2) is 6.61 Å². The molecule has 3 rings (SSSR count). The van der Waals surface area contributed by atoms with E-state index in [1.165, 1.54) is 24.3 Å². The van der Waals surface area contributed by atoms with Crippen molar-refractivity contribution in [2.45, 2.75) is 18.4 Å². The van der Waals surface area contributed by atoms with Crippen molar-refractivity contribution < 1.29 is 22.7 Å². The van der Waals surface area contributed by atoms with Gasteiger partial charge in [-0.15, -0.1) is 0 Å². The zero-order chi connectivity index (χ0) is 23.0. The lowest BCUT2D eigenvalue weighted by molar-refractivity contribution is -0.123. The molecule has 0 heterocycles. The zero-order valence-electron chi connectivity index (χ0n) is 17.4. The average Bonchev–Trinajstić information content (AvgIpc) is 2.81. The minimum absolute atomic E-state index is 0.0599. The van der Waals surface area contributed by atoms with Crippen molar-refractivity contribution in [1.29, 1.82) is 0 Å². The van der Waals surface area contributed by atoms with E-state index in [4.69, 9.17) is 4.74 Å². The summed E-state index contributed by atoms with van der Waals surface area (Å²) in [6, 6.07) is 21.8. The standard InChI is InChI=1S/C23H23N3O5S/c1-17-8-5-6-13-21(17)31-16-22(27)25-26-23(28)19-11-7-12-20(14-19)32(29,30)24-15-18-9-3-2-4-10-18/h2-14,24H,15-16H2,1H3,(H,25,27)(H,26,28). The van der Waals surface area contributed by atoms with Gasteiger partial charge in [0.2, 0.25) is 10.0 Å². The van der Waals surface area contributed by atoms with Gasteiger partial charge in [0, 0.05) is 12.1 Å². The van der Waals surface area contributed by atoms with Crippen LogP contribution in [0.2, 0.25) is 0 Å². The third-order valence-electron chi connectivity index (χ3n) is 4.48. The summed E-state index contributed by atoms with van der Waals surface area (Å²) in [5.41, 5.74) is 6.26. The molecule has 3 aromatic rings. The first-order valence-electron chi connectivity index (χ1n) is 9.76. The van der Waals surface area contributed by atoms with Crippen molar-refractivity contribution in [3.8, 4) is 5.75 Å². The lowest BCUT2D eigenvalue weighted by Crippen LogP contribution is -2.43. The monoisotopic (exact) mass is 453 g/mol. The summed E-state index contributed by atoms with van der Waals surface area (Å²) < 4.78 is 33.0. The molecule has 0 unspecified atom stereocenters. The number of hydrazine groups is 1. The van der Waals surface area contributed by atoms with E-state index >= 15 is 0 Å². The molecule has 0 saturated carbocycles. The second-order valence-electron chi connectivity index (χ2n) is 6.89. The Balaban J connectivity index is 1.55. The Bertz CT molecular complexity index is 1200. The SMILES string of the molecule is Cc1ccccc1OCC(=O)NNC(=O)c1cccc(S(=O)(=O)NCc2ccccc2)c1. The number of benzene rings is 3. The number of sulfonamides is 1. The van der Waals surface area contributed by atoms with Crippen molar-refractivity contribution >= 4 is 21.8 Å². The fraction of sp³-hybridized carbons (Fsp3) is 0.130. The molecule has 3 aromatic carbocycles. The fourth-order valence-corrected chi connectivity index (χ4v) is 3.82. The average molecular weight is 454 g/mol. The second kappa shape index (κ2) is 10.6. The molecule has 0 fully saturated rings. The van der Waals surface area contributed by atoms with Gasteiger partial charge in [0.1, 0.15) is 5.75 Å². The van der Waals surface area contributed by atoms with E-state index in [1.54, 1.807) is 24.3 Å². The molecule has 0 spiro atoms. The third kappa shape index (κ3) is 6.40. The van der Waals surface area contributed by atoms with Crippen LogP contribution in [-0.4, -0.2) is 26.8 Å². The van der Waals surface area contributed by atoms with Crippen molar-refractivity contribution in [1.82, 2.24) is 15.6 Å². The highest BCUT2D eigenvalue weighted by Gasteiger charge is 2.16. The highest BCUT2D eigenvalue weighted by atomic mass is 32.2. The highest BCUT2D eigenvalue weighted by molar-refractivity contribution is 7.89. The van der Waals surface area contributed by atoms with Crippen LogP contribution in [0.25, 0.3) is 0 Å². The first kappa shape index (κ1) is 23.0.